The fraction of sp³-hybridized carbons (Fsp3) is 0.333. The van der Waals surface area contributed by atoms with Crippen molar-refractivity contribution in [2.75, 3.05) is 11.9 Å². The van der Waals surface area contributed by atoms with Gasteiger partial charge in [0.15, 0.2) is 5.82 Å². The van der Waals surface area contributed by atoms with E-state index in [-0.39, 0.29) is 16.0 Å². The highest BCUT2D eigenvalue weighted by Gasteiger charge is 2.11. The molecule has 148 valence electrons. The predicted octanol–water partition coefficient (Wildman–Crippen LogP) is 4.74. The van der Waals surface area contributed by atoms with Crippen LogP contribution in [-0.4, -0.2) is 26.5 Å². The van der Waals surface area contributed by atoms with Crippen molar-refractivity contribution in [3.05, 3.63) is 61.5 Å². The smallest absolute Gasteiger partial charge is 0.291 e. The van der Waals surface area contributed by atoms with E-state index in [4.69, 9.17) is 39.3 Å². The van der Waals surface area contributed by atoms with Gasteiger partial charge in [-0.05, 0) is 24.6 Å². The van der Waals surface area contributed by atoms with E-state index in [2.05, 4.69) is 20.6 Å². The van der Waals surface area contributed by atoms with Crippen LogP contribution >= 0.6 is 34.8 Å². The number of hydrogen-bond donors (Lipinski definition) is 1. The molecule has 0 aliphatic heterocycles. The fourth-order valence-electron chi connectivity index (χ4n) is 2.44. The van der Waals surface area contributed by atoms with Crippen LogP contribution in [0.25, 0.3) is 5.69 Å². The zero-order chi connectivity index (χ0) is 20.3. The number of nitrogens with one attached hydrogen (secondary N) is 1. The highest BCUT2D eigenvalue weighted by atomic mass is 35.5. The predicted molar refractivity (Wildman–Crippen MR) is 110 cm³/mol. The van der Waals surface area contributed by atoms with Gasteiger partial charge in [0.2, 0.25) is 5.89 Å². The normalized spacial score (nSPS) is 11.2. The molecule has 10 heteroatoms. The first-order valence-corrected chi connectivity index (χ1v) is 9.80. The second-order valence-electron chi connectivity index (χ2n) is 6.42. The Labute approximate surface area is 176 Å². The lowest BCUT2D eigenvalue weighted by Gasteiger charge is -2.10. The molecule has 7 nitrogen and oxygen atoms in total. The minimum atomic E-state index is -0.508. The third-order valence-electron chi connectivity index (χ3n) is 3.96. The molecule has 3 rings (SSSR count). The number of anilines is 1. The van der Waals surface area contributed by atoms with Crippen molar-refractivity contribution < 1.29 is 4.52 Å². The van der Waals surface area contributed by atoms with Crippen molar-refractivity contribution in [3.63, 3.8) is 0 Å². The topological polar surface area (TPSA) is 85.8 Å². The van der Waals surface area contributed by atoms with Crippen LogP contribution in [0.5, 0.6) is 0 Å². The summed E-state index contributed by atoms with van der Waals surface area (Å²) in [5.41, 5.74) is 0.726. The number of aromatic nitrogens is 4. The molecule has 0 fully saturated rings. The number of benzene rings is 1. The van der Waals surface area contributed by atoms with Gasteiger partial charge >= 0.3 is 0 Å². The van der Waals surface area contributed by atoms with Gasteiger partial charge in [0.05, 0.1) is 27.6 Å². The van der Waals surface area contributed by atoms with E-state index in [1.807, 2.05) is 13.8 Å². The van der Waals surface area contributed by atoms with E-state index in [9.17, 15) is 4.79 Å². The highest BCUT2D eigenvalue weighted by Crippen LogP contribution is 2.25. The summed E-state index contributed by atoms with van der Waals surface area (Å²) in [6, 6.07) is 5.13. The van der Waals surface area contributed by atoms with E-state index < -0.39 is 5.56 Å². The number of aryl methyl sites for hydroxylation is 1. The van der Waals surface area contributed by atoms with Crippen molar-refractivity contribution in [2.24, 2.45) is 0 Å². The van der Waals surface area contributed by atoms with Crippen LogP contribution in [-0.2, 0) is 6.42 Å². The van der Waals surface area contributed by atoms with Gasteiger partial charge in [-0.1, -0.05) is 53.8 Å². The first kappa shape index (κ1) is 20.6. The summed E-state index contributed by atoms with van der Waals surface area (Å²) in [5.74, 6) is 1.58. The maximum absolute atomic E-state index is 12.2. The van der Waals surface area contributed by atoms with Crippen LogP contribution in [0.4, 0.5) is 5.69 Å². The lowest BCUT2D eigenvalue weighted by molar-refractivity contribution is 0.369. The van der Waals surface area contributed by atoms with E-state index in [0.29, 0.717) is 35.4 Å². The molecule has 0 aliphatic rings. The quantitative estimate of drug-likeness (QED) is 0.532. The van der Waals surface area contributed by atoms with Crippen LogP contribution in [0.2, 0.25) is 15.1 Å². The molecule has 1 N–H and O–H groups in total. The molecule has 3 aromatic rings. The minimum absolute atomic E-state index is 0.0864. The van der Waals surface area contributed by atoms with Gasteiger partial charge in [0.1, 0.15) is 5.02 Å². The second kappa shape index (κ2) is 8.94. The molecule has 0 atom stereocenters. The zero-order valence-electron chi connectivity index (χ0n) is 15.2. The summed E-state index contributed by atoms with van der Waals surface area (Å²) in [7, 11) is 0. The van der Waals surface area contributed by atoms with E-state index in [0.717, 1.165) is 16.8 Å². The molecule has 2 aromatic heterocycles. The van der Waals surface area contributed by atoms with Crippen molar-refractivity contribution >= 4 is 40.5 Å². The largest absolute Gasteiger partial charge is 0.384 e. The first-order chi connectivity index (χ1) is 13.4. The number of nitrogens with zero attached hydrogens (tertiary/aromatic N) is 4. The van der Waals surface area contributed by atoms with Crippen LogP contribution < -0.4 is 10.9 Å². The Morgan fingerprint density at radius 1 is 1.21 bits per heavy atom. The van der Waals surface area contributed by atoms with Gasteiger partial charge in [-0.15, -0.1) is 0 Å². The Kier molecular flexibility index (Phi) is 6.59. The van der Waals surface area contributed by atoms with Crippen molar-refractivity contribution in [2.45, 2.75) is 32.6 Å². The van der Waals surface area contributed by atoms with Crippen molar-refractivity contribution in [1.29, 1.82) is 0 Å². The average Bonchev–Trinajstić information content (AvgIpc) is 3.14. The number of hydrogen-bond acceptors (Lipinski definition) is 6. The van der Waals surface area contributed by atoms with Crippen LogP contribution in [0, 0.1) is 0 Å². The van der Waals surface area contributed by atoms with E-state index >= 15 is 0 Å². The van der Waals surface area contributed by atoms with Crippen LogP contribution in [0.3, 0.4) is 0 Å². The summed E-state index contributed by atoms with van der Waals surface area (Å²) in [6.07, 6.45) is 2.78. The SMILES string of the molecule is CC(C)c1noc(CCCNc2ccc(-n3ncc(Cl)c(Cl)c3=O)cc2Cl)n1. The van der Waals surface area contributed by atoms with E-state index in [1.165, 1.54) is 6.20 Å². The number of rotatable bonds is 7. The molecule has 0 amide bonds. The molecule has 0 saturated heterocycles. The van der Waals surface area contributed by atoms with E-state index in [1.54, 1.807) is 18.2 Å². The van der Waals surface area contributed by atoms with Gasteiger partial charge in [0.25, 0.3) is 5.56 Å². The van der Waals surface area contributed by atoms with Gasteiger partial charge in [0, 0.05) is 18.9 Å². The van der Waals surface area contributed by atoms with Gasteiger partial charge in [-0.25, -0.2) is 0 Å². The standard InChI is InChI=1S/C18H18Cl3N5O2/c1-10(2)17-24-15(28-25-17)4-3-7-22-14-6-5-11(8-12(14)19)26-18(27)16(21)13(20)9-23-26/h5-6,8-10,22H,3-4,7H2,1-2H3. The second-order valence-corrected chi connectivity index (χ2v) is 7.61. The van der Waals surface area contributed by atoms with Crippen LogP contribution in [0.15, 0.2) is 33.7 Å². The van der Waals surface area contributed by atoms with Gasteiger partial charge in [-0.2, -0.15) is 14.8 Å². The molecule has 0 saturated carbocycles. The Morgan fingerprint density at radius 2 is 2.00 bits per heavy atom. The third kappa shape index (κ3) is 4.66. The molecular weight excluding hydrogens is 425 g/mol. The monoisotopic (exact) mass is 441 g/mol. The first-order valence-electron chi connectivity index (χ1n) is 8.66. The lowest BCUT2D eigenvalue weighted by Crippen LogP contribution is -2.21. The van der Waals surface area contributed by atoms with Gasteiger partial charge in [-0.3, -0.25) is 4.79 Å². The molecule has 0 aliphatic carbocycles. The molecule has 1 aromatic carbocycles. The minimum Gasteiger partial charge on any atom is -0.384 e. The Balaban J connectivity index is 1.61. The van der Waals surface area contributed by atoms with Crippen LogP contribution in [0.1, 0.15) is 37.9 Å². The van der Waals surface area contributed by atoms with Crippen molar-refractivity contribution in [1.82, 2.24) is 19.9 Å². The maximum Gasteiger partial charge on any atom is 0.291 e. The third-order valence-corrected chi connectivity index (χ3v) is 5.02. The lowest BCUT2D eigenvalue weighted by atomic mass is 10.2. The maximum atomic E-state index is 12.2. The molecule has 0 bridgehead atoms. The summed E-state index contributed by atoms with van der Waals surface area (Å²) in [6.45, 7) is 4.70. The molecule has 0 spiro atoms. The average molecular weight is 443 g/mol. The molecule has 0 unspecified atom stereocenters. The molecular formula is C18H18Cl3N5O2. The Morgan fingerprint density at radius 3 is 2.68 bits per heavy atom. The van der Waals surface area contributed by atoms with Crippen molar-refractivity contribution in [3.8, 4) is 5.69 Å². The summed E-state index contributed by atoms with van der Waals surface area (Å²) >= 11 is 18.0. The summed E-state index contributed by atoms with van der Waals surface area (Å²) in [4.78, 5) is 16.5. The number of halogens is 3. The molecule has 28 heavy (non-hydrogen) atoms. The molecule has 2 heterocycles. The summed E-state index contributed by atoms with van der Waals surface area (Å²) < 4.78 is 6.37. The highest BCUT2D eigenvalue weighted by molar-refractivity contribution is 6.41. The Bertz CT molecular complexity index is 1030. The van der Waals surface area contributed by atoms with Gasteiger partial charge < -0.3 is 9.84 Å². The zero-order valence-corrected chi connectivity index (χ0v) is 17.5. The Hall–Kier alpha value is -2.09. The molecule has 0 radical (unpaired) electrons. The summed E-state index contributed by atoms with van der Waals surface area (Å²) in [5, 5.41) is 11.7. The fourth-order valence-corrected chi connectivity index (χ4v) is 2.94.